The third-order valence-electron chi connectivity index (χ3n) is 8.97. The molecule has 0 amide bonds. The monoisotopic (exact) mass is 528 g/mol. The van der Waals surface area contributed by atoms with Crippen LogP contribution in [-0.4, -0.2) is 66.5 Å². The van der Waals surface area contributed by atoms with Crippen molar-refractivity contribution >= 4 is 5.70 Å². The molecule has 1 aliphatic carbocycles. The summed E-state index contributed by atoms with van der Waals surface area (Å²) in [6.07, 6.45) is 0.986. The van der Waals surface area contributed by atoms with Gasteiger partial charge in [-0.1, -0.05) is 49.4 Å². The standard InChI is InChI=1S/C31H39F3N2O2/c1-23(36-17-2-4-28(36)20-37)25-5-7-26(8-6-25)27-9-11-29(12-10-27)38-21-24-13-18-35(19-14-24)22-30(15-3-16-30)31(32,33)34/h5-12,24,28,37H,1-4,13-22H2. The lowest BCUT2D eigenvalue weighted by Crippen LogP contribution is -2.53. The predicted molar refractivity (Wildman–Crippen MR) is 145 cm³/mol. The molecule has 4 nitrogen and oxygen atoms in total. The second-order valence-electron chi connectivity index (χ2n) is 11.4. The van der Waals surface area contributed by atoms with Gasteiger partial charge >= 0.3 is 6.18 Å². The van der Waals surface area contributed by atoms with Crippen LogP contribution in [0.15, 0.2) is 55.1 Å². The molecule has 206 valence electrons. The van der Waals surface area contributed by atoms with Gasteiger partial charge < -0.3 is 19.6 Å². The largest absolute Gasteiger partial charge is 0.493 e. The van der Waals surface area contributed by atoms with Gasteiger partial charge in [0, 0.05) is 18.8 Å². The van der Waals surface area contributed by atoms with Crippen molar-refractivity contribution in [1.29, 1.82) is 0 Å². The van der Waals surface area contributed by atoms with Crippen molar-refractivity contribution in [1.82, 2.24) is 9.80 Å². The van der Waals surface area contributed by atoms with Crippen molar-refractivity contribution in [2.45, 2.75) is 57.2 Å². The highest BCUT2D eigenvalue weighted by atomic mass is 19.4. The summed E-state index contributed by atoms with van der Waals surface area (Å²) in [5.74, 6) is 1.19. The summed E-state index contributed by atoms with van der Waals surface area (Å²) in [6, 6.07) is 16.6. The van der Waals surface area contributed by atoms with Gasteiger partial charge in [-0.3, -0.25) is 0 Å². The van der Waals surface area contributed by atoms with Crippen LogP contribution in [0.25, 0.3) is 16.8 Å². The van der Waals surface area contributed by atoms with Crippen molar-refractivity contribution in [2.24, 2.45) is 11.3 Å². The van der Waals surface area contributed by atoms with Crippen LogP contribution in [0.4, 0.5) is 13.2 Å². The Bertz CT molecular complexity index is 1070. The summed E-state index contributed by atoms with van der Waals surface area (Å²) in [6.45, 7) is 7.54. The van der Waals surface area contributed by atoms with E-state index in [0.717, 1.165) is 60.4 Å². The fourth-order valence-corrected chi connectivity index (χ4v) is 6.23. The van der Waals surface area contributed by atoms with Gasteiger partial charge in [-0.25, -0.2) is 0 Å². The topological polar surface area (TPSA) is 35.9 Å². The molecule has 1 atom stereocenters. The lowest BCUT2D eigenvalue weighted by Gasteiger charge is -2.47. The SMILES string of the molecule is C=C(c1ccc(-c2ccc(OCC3CCN(CC4(C(F)(F)F)CCC4)CC3)cc2)cc1)N1CCCC1CO. The smallest absolute Gasteiger partial charge is 0.395 e. The van der Waals surface area contributed by atoms with Crippen LogP contribution >= 0.6 is 0 Å². The first-order valence-corrected chi connectivity index (χ1v) is 14.0. The summed E-state index contributed by atoms with van der Waals surface area (Å²) in [7, 11) is 0. The number of aliphatic hydroxyl groups is 1. The van der Waals surface area contributed by atoms with E-state index in [-0.39, 0.29) is 32.0 Å². The molecule has 2 aromatic rings. The highest BCUT2D eigenvalue weighted by Gasteiger charge is 2.58. The molecule has 0 aromatic heterocycles. The van der Waals surface area contributed by atoms with E-state index in [1.807, 2.05) is 17.0 Å². The number of hydrogen-bond acceptors (Lipinski definition) is 4. The van der Waals surface area contributed by atoms with Crippen LogP contribution < -0.4 is 4.74 Å². The maximum Gasteiger partial charge on any atom is 0.395 e. The van der Waals surface area contributed by atoms with E-state index in [4.69, 9.17) is 4.74 Å². The lowest BCUT2D eigenvalue weighted by atomic mass is 9.67. The summed E-state index contributed by atoms with van der Waals surface area (Å²) >= 11 is 0. The fourth-order valence-electron chi connectivity index (χ4n) is 6.23. The first-order chi connectivity index (χ1) is 18.3. The molecule has 2 saturated heterocycles. The molecule has 5 rings (SSSR count). The van der Waals surface area contributed by atoms with E-state index in [9.17, 15) is 18.3 Å². The van der Waals surface area contributed by atoms with E-state index in [1.54, 1.807) is 0 Å². The third-order valence-corrected chi connectivity index (χ3v) is 8.97. The third kappa shape index (κ3) is 5.74. The predicted octanol–water partition coefficient (Wildman–Crippen LogP) is 6.60. The molecule has 1 unspecified atom stereocenters. The Morgan fingerprint density at radius 1 is 0.921 bits per heavy atom. The van der Waals surface area contributed by atoms with Crippen LogP contribution in [0, 0.1) is 11.3 Å². The Morgan fingerprint density at radius 3 is 2.11 bits per heavy atom. The number of aliphatic hydroxyl groups excluding tert-OH is 1. The highest BCUT2D eigenvalue weighted by molar-refractivity contribution is 5.69. The number of halogens is 3. The minimum atomic E-state index is -4.09. The first kappa shape index (κ1) is 27.1. The van der Waals surface area contributed by atoms with Crippen LogP contribution in [0.2, 0.25) is 0 Å². The Balaban J connectivity index is 1.09. The number of nitrogens with zero attached hydrogens (tertiary/aromatic N) is 2. The lowest BCUT2D eigenvalue weighted by molar-refractivity contribution is -0.256. The summed E-state index contributed by atoms with van der Waals surface area (Å²) < 4.78 is 46.6. The zero-order valence-corrected chi connectivity index (χ0v) is 22.1. The maximum atomic E-state index is 13.5. The molecular weight excluding hydrogens is 489 g/mol. The van der Waals surface area contributed by atoms with E-state index in [0.29, 0.717) is 32.0 Å². The molecule has 1 N–H and O–H groups in total. The van der Waals surface area contributed by atoms with Gasteiger partial charge in [0.05, 0.1) is 24.7 Å². The maximum absolute atomic E-state index is 13.5. The Labute approximate surface area is 224 Å². The molecule has 3 aliphatic rings. The average molecular weight is 529 g/mol. The van der Waals surface area contributed by atoms with Crippen molar-refractivity contribution in [2.75, 3.05) is 39.4 Å². The first-order valence-electron chi connectivity index (χ1n) is 14.0. The Kier molecular flexibility index (Phi) is 8.06. The van der Waals surface area contributed by atoms with E-state index >= 15 is 0 Å². The van der Waals surface area contributed by atoms with Crippen LogP contribution in [-0.2, 0) is 0 Å². The molecule has 7 heteroatoms. The molecule has 0 radical (unpaired) electrons. The van der Waals surface area contributed by atoms with Gasteiger partial charge in [-0.05, 0) is 86.4 Å². The van der Waals surface area contributed by atoms with Crippen LogP contribution in [0.3, 0.4) is 0 Å². The van der Waals surface area contributed by atoms with Gasteiger partial charge in [0.25, 0.3) is 0 Å². The normalized spacial score (nSPS) is 22.3. The average Bonchev–Trinajstić information content (AvgIpc) is 3.38. The zero-order chi connectivity index (χ0) is 26.8. The number of alkyl halides is 3. The number of piperidine rings is 1. The Morgan fingerprint density at radius 2 is 1.55 bits per heavy atom. The van der Waals surface area contributed by atoms with Crippen LogP contribution in [0.1, 0.15) is 50.5 Å². The summed E-state index contributed by atoms with van der Waals surface area (Å²) in [5.41, 5.74) is 2.78. The summed E-state index contributed by atoms with van der Waals surface area (Å²) in [4.78, 5) is 4.22. The number of rotatable bonds is 9. The van der Waals surface area contributed by atoms with Gasteiger partial charge in [-0.2, -0.15) is 13.2 Å². The van der Waals surface area contributed by atoms with Crippen LogP contribution in [0.5, 0.6) is 5.75 Å². The molecule has 0 spiro atoms. The molecule has 2 aromatic carbocycles. The van der Waals surface area contributed by atoms with Gasteiger partial charge in [0.15, 0.2) is 0 Å². The fraction of sp³-hybridized carbons (Fsp3) is 0.548. The molecule has 38 heavy (non-hydrogen) atoms. The summed E-state index contributed by atoms with van der Waals surface area (Å²) in [5, 5.41) is 9.61. The van der Waals surface area contributed by atoms with Gasteiger partial charge in [0.1, 0.15) is 5.75 Å². The van der Waals surface area contributed by atoms with E-state index < -0.39 is 11.6 Å². The van der Waals surface area contributed by atoms with Crippen molar-refractivity contribution in [3.63, 3.8) is 0 Å². The molecule has 2 aliphatic heterocycles. The van der Waals surface area contributed by atoms with E-state index in [1.165, 1.54) is 0 Å². The van der Waals surface area contributed by atoms with Crippen molar-refractivity contribution < 1.29 is 23.0 Å². The Hall–Kier alpha value is -2.51. The van der Waals surface area contributed by atoms with Gasteiger partial charge in [0.2, 0.25) is 0 Å². The van der Waals surface area contributed by atoms with Gasteiger partial charge in [-0.15, -0.1) is 0 Å². The zero-order valence-electron chi connectivity index (χ0n) is 22.1. The molecule has 2 heterocycles. The number of benzene rings is 2. The molecular formula is C31H39F3N2O2. The highest BCUT2D eigenvalue weighted by Crippen LogP contribution is 2.53. The second-order valence-corrected chi connectivity index (χ2v) is 11.4. The van der Waals surface area contributed by atoms with Crippen molar-refractivity contribution in [3.05, 3.63) is 60.7 Å². The molecule has 0 bridgehead atoms. The number of ether oxygens (including phenoxy) is 1. The van der Waals surface area contributed by atoms with Crippen molar-refractivity contribution in [3.8, 4) is 16.9 Å². The van der Waals surface area contributed by atoms with E-state index in [2.05, 4.69) is 47.9 Å². The molecule has 3 fully saturated rings. The quantitative estimate of drug-likeness (QED) is 0.398. The number of likely N-dealkylation sites (tertiary alicyclic amines) is 2. The number of hydrogen-bond donors (Lipinski definition) is 1. The minimum absolute atomic E-state index is 0.155. The minimum Gasteiger partial charge on any atom is -0.493 e. The second kappa shape index (κ2) is 11.3. The molecule has 1 saturated carbocycles.